The number of terminal acetylenes is 1. The number of Topliss-reactive ketones (excluding diaryl/α,β-unsaturated/α-hetero) is 2. The molecule has 0 spiro atoms. The van der Waals surface area contributed by atoms with Crippen molar-refractivity contribution in [1.29, 1.82) is 0 Å². The Kier molecular flexibility index (Phi) is 11.8. The van der Waals surface area contributed by atoms with Gasteiger partial charge in [0.2, 0.25) is 0 Å². The number of halogens is 1. The van der Waals surface area contributed by atoms with Crippen molar-refractivity contribution in [2.75, 3.05) is 20.7 Å². The van der Waals surface area contributed by atoms with Crippen LogP contribution < -0.4 is 5.32 Å². The predicted molar refractivity (Wildman–Crippen MR) is 159 cm³/mol. The van der Waals surface area contributed by atoms with Crippen LogP contribution in [0.1, 0.15) is 67.7 Å². The molecule has 3 aliphatic heterocycles. The number of aliphatic hydroxyl groups excluding tert-OH is 1. The van der Waals surface area contributed by atoms with Gasteiger partial charge >= 0.3 is 12.1 Å². The third-order valence-electron chi connectivity index (χ3n) is 9.62. The van der Waals surface area contributed by atoms with E-state index in [0.29, 0.717) is 6.42 Å². The fourth-order valence-electron chi connectivity index (χ4n) is 7.13. The first-order chi connectivity index (χ1) is 20.9. The van der Waals surface area contributed by atoms with Gasteiger partial charge in [0.05, 0.1) is 23.9 Å². The van der Waals surface area contributed by atoms with Crippen LogP contribution in [-0.4, -0.2) is 115 Å². The molecule has 45 heavy (non-hydrogen) atoms. The minimum atomic E-state index is -2.73. The van der Waals surface area contributed by atoms with Gasteiger partial charge in [-0.05, 0) is 54.1 Å². The van der Waals surface area contributed by atoms with Gasteiger partial charge in [0.15, 0.2) is 17.7 Å². The number of ether oxygens (including phenoxy) is 5. The number of ketones is 2. The number of esters is 1. The van der Waals surface area contributed by atoms with Crippen molar-refractivity contribution in [3.05, 3.63) is 0 Å². The molecule has 12 nitrogen and oxygen atoms in total. The Hall–Kier alpha value is -2.63. The van der Waals surface area contributed by atoms with Crippen molar-refractivity contribution in [2.24, 2.45) is 17.8 Å². The van der Waals surface area contributed by atoms with E-state index in [2.05, 4.69) is 11.2 Å². The average molecular weight is 641 g/mol. The van der Waals surface area contributed by atoms with Crippen molar-refractivity contribution in [1.82, 2.24) is 10.2 Å². The number of nitrogens with zero attached hydrogens (tertiary/aromatic N) is 1. The number of likely N-dealkylation sites (N-methyl/N-ethyl adjacent to an activating group) is 1. The van der Waals surface area contributed by atoms with Gasteiger partial charge in [0.1, 0.15) is 24.6 Å². The smallest absolute Gasteiger partial charge is 0.408 e. The number of carbonyl (C=O) groups is 4. The monoisotopic (exact) mass is 640 g/mol. The lowest BCUT2D eigenvalue weighted by Gasteiger charge is -2.47. The normalized spacial score (nSPS) is 43.5. The molecule has 0 saturated carbocycles. The van der Waals surface area contributed by atoms with E-state index >= 15 is 4.39 Å². The van der Waals surface area contributed by atoms with E-state index in [1.807, 2.05) is 11.8 Å². The second-order valence-electron chi connectivity index (χ2n) is 13.3. The standard InChI is InChI=1S/C32H49FN2O10/c1-11-13-41-31(7)15-16(3)23(36)18(5)26-32(8,45-30(40)34-26)21(12-2)43-28(39)22(33)24(37)19(6)27(31)44-29-25(38)20(35(9)10)14-17(4)42-29/h1,16-22,25-27,29,38H,12-15H2,2-10H3,(H,34,40)/t16-,17-,18-,19+,20+,21+,22?,25-,26-,27-,29+,31+,32-/m1/s1. The summed E-state index contributed by atoms with van der Waals surface area (Å²) in [6.07, 6.45) is -2.74. The Labute approximate surface area is 265 Å². The first-order valence-corrected chi connectivity index (χ1v) is 15.6. The summed E-state index contributed by atoms with van der Waals surface area (Å²) in [5.74, 6) is -3.47. The summed E-state index contributed by atoms with van der Waals surface area (Å²) in [6, 6.07) is -1.30. The second-order valence-corrected chi connectivity index (χ2v) is 13.3. The lowest BCUT2D eigenvalue weighted by atomic mass is 9.74. The lowest BCUT2D eigenvalue weighted by Crippen LogP contribution is -2.60. The van der Waals surface area contributed by atoms with Crippen molar-refractivity contribution in [3.8, 4) is 12.3 Å². The van der Waals surface area contributed by atoms with Crippen LogP contribution in [0.2, 0.25) is 0 Å². The maximum Gasteiger partial charge on any atom is 0.408 e. The fraction of sp³-hybridized carbons (Fsp3) is 0.812. The quantitative estimate of drug-likeness (QED) is 0.250. The zero-order valence-electron chi connectivity index (χ0n) is 27.7. The molecule has 254 valence electrons. The minimum absolute atomic E-state index is 0.0491. The summed E-state index contributed by atoms with van der Waals surface area (Å²) < 4.78 is 45.3. The van der Waals surface area contributed by atoms with Crippen LogP contribution >= 0.6 is 0 Å². The van der Waals surface area contributed by atoms with Crippen LogP contribution in [0, 0.1) is 30.1 Å². The van der Waals surface area contributed by atoms with Crippen LogP contribution in [0.3, 0.4) is 0 Å². The molecular weight excluding hydrogens is 591 g/mol. The molecule has 13 heteroatoms. The molecule has 13 atom stereocenters. The largest absolute Gasteiger partial charge is 0.456 e. The predicted octanol–water partition coefficient (Wildman–Crippen LogP) is 2.18. The van der Waals surface area contributed by atoms with E-state index in [1.165, 1.54) is 13.8 Å². The molecule has 0 aromatic heterocycles. The zero-order valence-corrected chi connectivity index (χ0v) is 27.7. The zero-order chi connectivity index (χ0) is 34.0. The highest BCUT2D eigenvalue weighted by molar-refractivity contribution is 6.03. The molecule has 0 aliphatic carbocycles. The van der Waals surface area contributed by atoms with E-state index in [9.17, 15) is 24.3 Å². The highest BCUT2D eigenvalue weighted by Gasteiger charge is 2.57. The first-order valence-electron chi connectivity index (χ1n) is 15.6. The number of hydrogen-bond donors (Lipinski definition) is 2. The Morgan fingerprint density at radius 1 is 1.11 bits per heavy atom. The van der Waals surface area contributed by atoms with E-state index in [0.717, 1.165) is 0 Å². The third kappa shape index (κ3) is 7.52. The number of carbonyl (C=O) groups excluding carboxylic acids is 4. The van der Waals surface area contributed by atoms with Gasteiger partial charge in [-0.15, -0.1) is 6.42 Å². The van der Waals surface area contributed by atoms with Crippen LogP contribution in [0.4, 0.5) is 9.18 Å². The Bertz CT molecular complexity index is 1160. The molecule has 3 saturated heterocycles. The number of rotatable bonds is 6. The molecule has 0 aromatic carbocycles. The molecule has 1 unspecified atom stereocenters. The van der Waals surface area contributed by atoms with Crippen molar-refractivity contribution >= 4 is 23.6 Å². The van der Waals surface area contributed by atoms with E-state index in [1.54, 1.807) is 41.8 Å². The summed E-state index contributed by atoms with van der Waals surface area (Å²) in [4.78, 5) is 55.1. The Morgan fingerprint density at radius 2 is 1.76 bits per heavy atom. The summed E-state index contributed by atoms with van der Waals surface area (Å²) in [7, 11) is 3.61. The SMILES string of the molecule is C#CCO[C@@]1(C)C[C@@H](C)C(=O)[C@@H](C)[C@H]2NC(=O)O[C@]2(C)[C@H](CC)OC(=O)C(F)C(=O)[C@H](C)[C@H]1O[C@@H]1O[C@H](C)C[C@H](N(C)C)[C@H]1O. The average Bonchev–Trinajstić information content (AvgIpc) is 3.30. The topological polar surface area (TPSA) is 150 Å². The number of aliphatic hydroxyl groups is 1. The number of alkyl carbamates (subject to hydrolysis) is 1. The molecule has 3 aliphatic rings. The molecule has 3 heterocycles. The maximum absolute atomic E-state index is 15.8. The van der Waals surface area contributed by atoms with Crippen LogP contribution in [0.15, 0.2) is 0 Å². The van der Waals surface area contributed by atoms with Crippen molar-refractivity contribution < 1.29 is 52.4 Å². The van der Waals surface area contributed by atoms with Gasteiger partial charge in [0, 0.05) is 23.8 Å². The van der Waals surface area contributed by atoms with Gasteiger partial charge in [-0.25, -0.2) is 14.0 Å². The minimum Gasteiger partial charge on any atom is -0.456 e. The van der Waals surface area contributed by atoms with Crippen LogP contribution in [0.25, 0.3) is 0 Å². The molecule has 3 fully saturated rings. The second kappa shape index (κ2) is 14.4. The molecule has 0 aromatic rings. The van der Waals surface area contributed by atoms with Gasteiger partial charge < -0.3 is 39.0 Å². The molecule has 0 bridgehead atoms. The molecule has 0 radical (unpaired) electrons. The number of nitrogens with one attached hydrogen (secondary N) is 1. The molecule has 2 N–H and O–H groups in total. The fourth-order valence-corrected chi connectivity index (χ4v) is 7.13. The Balaban J connectivity index is 2.14. The van der Waals surface area contributed by atoms with E-state index < -0.39 is 83.6 Å². The number of alkyl halides is 1. The van der Waals surface area contributed by atoms with Gasteiger partial charge in [0.25, 0.3) is 6.17 Å². The van der Waals surface area contributed by atoms with Crippen LogP contribution in [0.5, 0.6) is 0 Å². The summed E-state index contributed by atoms with van der Waals surface area (Å²) in [5, 5.41) is 13.9. The van der Waals surface area contributed by atoms with Gasteiger partial charge in [-0.2, -0.15) is 0 Å². The Morgan fingerprint density at radius 3 is 2.33 bits per heavy atom. The highest BCUT2D eigenvalue weighted by atomic mass is 19.1. The first kappa shape index (κ1) is 36.8. The van der Waals surface area contributed by atoms with Crippen molar-refractivity contribution in [3.63, 3.8) is 0 Å². The number of fused-ring (bicyclic) bond motifs is 1. The molecular formula is C32H49FN2O10. The lowest BCUT2D eigenvalue weighted by molar-refractivity contribution is -0.296. The molecule has 1 amide bonds. The molecule has 3 rings (SSSR count). The summed E-state index contributed by atoms with van der Waals surface area (Å²) in [6.45, 7) is 11.0. The van der Waals surface area contributed by atoms with Crippen LogP contribution in [-0.2, 0) is 38.1 Å². The van der Waals surface area contributed by atoms with Gasteiger partial charge in [-0.3, -0.25) is 9.59 Å². The van der Waals surface area contributed by atoms with Crippen molar-refractivity contribution in [2.45, 2.75) is 128 Å². The number of cyclic esters (lactones) is 1. The van der Waals surface area contributed by atoms with E-state index in [-0.39, 0.29) is 37.4 Å². The highest BCUT2D eigenvalue weighted by Crippen LogP contribution is 2.40. The summed E-state index contributed by atoms with van der Waals surface area (Å²) in [5.41, 5.74) is -3.05. The third-order valence-corrected chi connectivity index (χ3v) is 9.62. The van der Waals surface area contributed by atoms with Gasteiger partial charge in [-0.1, -0.05) is 33.6 Å². The summed E-state index contributed by atoms with van der Waals surface area (Å²) >= 11 is 0. The maximum atomic E-state index is 15.8. The number of hydrogen-bond acceptors (Lipinski definition) is 11. The number of amides is 1. The van der Waals surface area contributed by atoms with E-state index in [4.69, 9.17) is 30.1 Å².